The maximum Gasteiger partial charge on any atom is 0.306 e. The van der Waals surface area contributed by atoms with Gasteiger partial charge in [0.2, 0.25) is 0 Å². The van der Waals surface area contributed by atoms with Gasteiger partial charge in [0.1, 0.15) is 11.4 Å². The lowest BCUT2D eigenvalue weighted by Crippen LogP contribution is -2.22. The molecule has 2 rings (SSSR count). The van der Waals surface area contributed by atoms with Crippen LogP contribution < -0.4 is 5.32 Å². The monoisotopic (exact) mass is 346 g/mol. The van der Waals surface area contributed by atoms with Crippen LogP contribution in [0.5, 0.6) is 0 Å². The van der Waals surface area contributed by atoms with E-state index in [4.69, 9.17) is 9.15 Å². The quantitative estimate of drug-likeness (QED) is 0.469. The fraction of sp³-hybridized carbons (Fsp3) is 0.294. The van der Waals surface area contributed by atoms with Gasteiger partial charge in [-0.15, -0.1) is 0 Å². The van der Waals surface area contributed by atoms with E-state index >= 15 is 0 Å². The summed E-state index contributed by atoms with van der Waals surface area (Å²) in [5.41, 5.74) is 1.30. The predicted octanol–water partition coefficient (Wildman–Crippen LogP) is 2.92. The number of carbonyl (C=O) groups is 2. The second-order valence-electron chi connectivity index (χ2n) is 5.45. The number of nitrogens with zero attached hydrogens (tertiary/aromatic N) is 1. The van der Waals surface area contributed by atoms with Crippen molar-refractivity contribution in [3.05, 3.63) is 57.5 Å². The minimum atomic E-state index is -0.636. The maximum absolute atomic E-state index is 12.0. The Balaban J connectivity index is 1.91. The highest BCUT2D eigenvalue weighted by Gasteiger charge is 2.20. The molecular weight excluding hydrogens is 328 g/mol. The van der Waals surface area contributed by atoms with Gasteiger partial charge in [-0.2, -0.15) is 0 Å². The first-order valence-corrected chi connectivity index (χ1v) is 7.61. The number of aryl methyl sites for hydroxylation is 2. The number of carbonyl (C=O) groups excluding carboxylic acids is 2. The summed E-state index contributed by atoms with van der Waals surface area (Å²) in [6.07, 6.45) is 1.95. The summed E-state index contributed by atoms with van der Waals surface area (Å²) in [6.45, 7) is 2.94. The molecule has 0 atom stereocenters. The second kappa shape index (κ2) is 8.09. The Labute approximate surface area is 143 Å². The first-order valence-electron chi connectivity index (χ1n) is 7.61. The van der Waals surface area contributed by atoms with Crippen LogP contribution in [-0.4, -0.2) is 23.4 Å². The van der Waals surface area contributed by atoms with Gasteiger partial charge >= 0.3 is 5.97 Å². The Hall–Kier alpha value is -3.16. The van der Waals surface area contributed by atoms with Gasteiger partial charge in [0.15, 0.2) is 6.61 Å². The second-order valence-corrected chi connectivity index (χ2v) is 5.45. The van der Waals surface area contributed by atoms with E-state index in [0.29, 0.717) is 17.7 Å². The lowest BCUT2D eigenvalue weighted by atomic mass is 10.1. The number of nitro benzene ring substituents is 1. The summed E-state index contributed by atoms with van der Waals surface area (Å²) in [6, 6.07) is 6.38. The van der Waals surface area contributed by atoms with Gasteiger partial charge in [0.05, 0.1) is 17.6 Å². The Kier molecular flexibility index (Phi) is 5.89. The van der Waals surface area contributed by atoms with Crippen molar-refractivity contribution < 1.29 is 23.7 Å². The third-order valence-corrected chi connectivity index (χ3v) is 3.69. The normalized spacial score (nSPS) is 10.3. The van der Waals surface area contributed by atoms with Crippen molar-refractivity contribution in [2.45, 2.75) is 26.7 Å². The summed E-state index contributed by atoms with van der Waals surface area (Å²) in [4.78, 5) is 34.1. The molecule has 0 saturated carbocycles. The Morgan fingerprint density at radius 2 is 2.04 bits per heavy atom. The van der Waals surface area contributed by atoms with Gasteiger partial charge in [-0.3, -0.25) is 19.7 Å². The Morgan fingerprint density at radius 3 is 2.68 bits per heavy atom. The zero-order valence-electron chi connectivity index (χ0n) is 13.9. The van der Waals surface area contributed by atoms with E-state index in [-0.39, 0.29) is 17.8 Å². The number of amides is 1. The first kappa shape index (κ1) is 18.2. The molecular formula is C17H18N2O6. The molecule has 0 saturated heterocycles. The molecule has 0 aliphatic rings. The van der Waals surface area contributed by atoms with Crippen molar-refractivity contribution >= 4 is 23.3 Å². The van der Waals surface area contributed by atoms with Gasteiger partial charge in [-0.05, 0) is 37.1 Å². The van der Waals surface area contributed by atoms with Crippen LogP contribution in [0.2, 0.25) is 0 Å². The van der Waals surface area contributed by atoms with E-state index in [2.05, 4.69) is 5.32 Å². The molecule has 2 aromatic rings. The molecule has 1 heterocycles. The van der Waals surface area contributed by atoms with E-state index in [1.54, 1.807) is 32.0 Å². The molecule has 25 heavy (non-hydrogen) atoms. The van der Waals surface area contributed by atoms with E-state index in [0.717, 1.165) is 5.56 Å². The van der Waals surface area contributed by atoms with E-state index in [1.807, 2.05) is 0 Å². The molecule has 1 amide bonds. The van der Waals surface area contributed by atoms with Gasteiger partial charge in [-0.25, -0.2) is 0 Å². The SMILES string of the molecule is Cc1ccc([N+](=O)[O-])c(NC(=O)COC(=O)CCc2ccco2)c1C. The van der Waals surface area contributed by atoms with E-state index in [1.165, 1.54) is 12.3 Å². The van der Waals surface area contributed by atoms with Crippen LogP contribution in [0, 0.1) is 24.0 Å². The molecule has 1 N–H and O–H groups in total. The third kappa shape index (κ3) is 4.90. The summed E-state index contributed by atoms with van der Waals surface area (Å²) < 4.78 is 9.98. The highest BCUT2D eigenvalue weighted by atomic mass is 16.6. The molecule has 0 bridgehead atoms. The molecule has 8 heteroatoms. The number of esters is 1. The minimum absolute atomic E-state index is 0.0738. The molecule has 0 radical (unpaired) electrons. The Bertz CT molecular complexity index is 783. The Morgan fingerprint density at radius 1 is 1.28 bits per heavy atom. The zero-order chi connectivity index (χ0) is 18.4. The van der Waals surface area contributed by atoms with Gasteiger partial charge in [0.25, 0.3) is 11.6 Å². The van der Waals surface area contributed by atoms with Crippen LogP contribution >= 0.6 is 0 Å². The van der Waals surface area contributed by atoms with Crippen LogP contribution in [0.3, 0.4) is 0 Å². The maximum atomic E-state index is 12.0. The highest BCUT2D eigenvalue weighted by molar-refractivity contribution is 5.96. The van der Waals surface area contributed by atoms with Gasteiger partial charge in [-0.1, -0.05) is 6.07 Å². The molecule has 0 aliphatic heterocycles. The predicted molar refractivity (Wildman–Crippen MR) is 89.2 cm³/mol. The topological polar surface area (TPSA) is 112 Å². The number of benzene rings is 1. The summed E-state index contributed by atoms with van der Waals surface area (Å²) >= 11 is 0. The molecule has 1 aromatic carbocycles. The zero-order valence-corrected chi connectivity index (χ0v) is 13.9. The number of hydrogen-bond donors (Lipinski definition) is 1. The standard InChI is InChI=1S/C17H18N2O6/c1-11-5-7-14(19(22)23)17(12(11)2)18-15(20)10-25-16(21)8-6-13-4-3-9-24-13/h3-5,7,9H,6,8,10H2,1-2H3,(H,18,20). The average Bonchev–Trinajstić information content (AvgIpc) is 3.08. The van der Waals surface area contributed by atoms with Crippen molar-refractivity contribution in [3.8, 4) is 0 Å². The van der Waals surface area contributed by atoms with Crippen LogP contribution in [0.4, 0.5) is 11.4 Å². The molecule has 0 unspecified atom stereocenters. The summed E-state index contributed by atoms with van der Waals surface area (Å²) in [5, 5.41) is 13.5. The number of nitrogens with one attached hydrogen (secondary N) is 1. The summed E-state index contributed by atoms with van der Waals surface area (Å²) in [5.74, 6) is -0.544. The van der Waals surface area contributed by atoms with Crippen LogP contribution in [0.15, 0.2) is 34.9 Å². The van der Waals surface area contributed by atoms with E-state index in [9.17, 15) is 19.7 Å². The first-order chi connectivity index (χ1) is 11.9. The fourth-order valence-electron chi connectivity index (χ4n) is 2.19. The highest BCUT2D eigenvalue weighted by Crippen LogP contribution is 2.30. The summed E-state index contributed by atoms with van der Waals surface area (Å²) in [7, 11) is 0. The fourth-order valence-corrected chi connectivity index (χ4v) is 2.19. The van der Waals surface area contributed by atoms with Gasteiger partial charge in [0, 0.05) is 12.5 Å². The van der Waals surface area contributed by atoms with Crippen molar-refractivity contribution in [2.75, 3.05) is 11.9 Å². The minimum Gasteiger partial charge on any atom is -0.469 e. The van der Waals surface area contributed by atoms with Crippen molar-refractivity contribution in [1.29, 1.82) is 0 Å². The molecule has 0 spiro atoms. The molecule has 132 valence electrons. The number of hydrogen-bond acceptors (Lipinski definition) is 6. The smallest absolute Gasteiger partial charge is 0.306 e. The van der Waals surface area contributed by atoms with Crippen molar-refractivity contribution in [2.24, 2.45) is 0 Å². The molecule has 1 aromatic heterocycles. The van der Waals surface area contributed by atoms with Crippen molar-refractivity contribution in [1.82, 2.24) is 0 Å². The number of anilines is 1. The molecule has 0 aliphatic carbocycles. The number of nitro groups is 1. The molecule has 8 nitrogen and oxygen atoms in total. The van der Waals surface area contributed by atoms with Crippen LogP contribution in [0.1, 0.15) is 23.3 Å². The number of ether oxygens (including phenoxy) is 1. The van der Waals surface area contributed by atoms with Gasteiger partial charge < -0.3 is 14.5 Å². The number of rotatable bonds is 7. The molecule has 0 fully saturated rings. The van der Waals surface area contributed by atoms with E-state index < -0.39 is 23.4 Å². The third-order valence-electron chi connectivity index (χ3n) is 3.69. The van der Waals surface area contributed by atoms with Crippen molar-refractivity contribution in [3.63, 3.8) is 0 Å². The number of furan rings is 1. The lowest BCUT2D eigenvalue weighted by Gasteiger charge is -2.11. The van der Waals surface area contributed by atoms with Crippen LogP contribution in [-0.2, 0) is 20.7 Å². The van der Waals surface area contributed by atoms with Crippen LogP contribution in [0.25, 0.3) is 0 Å². The average molecular weight is 346 g/mol. The largest absolute Gasteiger partial charge is 0.469 e. The lowest BCUT2D eigenvalue weighted by molar-refractivity contribution is -0.384.